The normalized spacial score (nSPS) is 18.4. The number of carbonyl (C=O) groups is 1. The molecule has 1 N–H and O–H groups in total. The van der Waals surface area contributed by atoms with Gasteiger partial charge in [-0.1, -0.05) is 34.2 Å². The quantitative estimate of drug-likeness (QED) is 0.695. The second-order valence-corrected chi connectivity index (χ2v) is 10.3. The highest BCUT2D eigenvalue weighted by Gasteiger charge is 2.33. The number of aryl methyl sites for hydroxylation is 1. The number of aromatic nitrogens is 2. The maximum absolute atomic E-state index is 12.9. The lowest BCUT2D eigenvalue weighted by atomic mass is 9.99. The van der Waals surface area contributed by atoms with Crippen molar-refractivity contribution in [2.45, 2.75) is 37.5 Å². The van der Waals surface area contributed by atoms with Crippen LogP contribution in [0.5, 0.6) is 0 Å². The number of halogens is 1. The van der Waals surface area contributed by atoms with Crippen molar-refractivity contribution < 1.29 is 13.2 Å². The molecule has 10 heteroatoms. The van der Waals surface area contributed by atoms with Crippen molar-refractivity contribution in [2.24, 2.45) is 5.92 Å². The van der Waals surface area contributed by atoms with Gasteiger partial charge >= 0.3 is 0 Å². The summed E-state index contributed by atoms with van der Waals surface area (Å²) in [6.07, 6.45) is 3.09. The highest BCUT2D eigenvalue weighted by molar-refractivity contribution is 9.10. The lowest BCUT2D eigenvalue weighted by molar-refractivity contribution is -0.120. The molecule has 3 rings (SSSR count). The first-order valence-corrected chi connectivity index (χ1v) is 11.8. The van der Waals surface area contributed by atoms with E-state index in [4.69, 9.17) is 0 Å². The van der Waals surface area contributed by atoms with Crippen molar-refractivity contribution in [1.82, 2.24) is 14.5 Å². The van der Waals surface area contributed by atoms with Gasteiger partial charge in [0.05, 0.1) is 10.8 Å². The Kier molecular flexibility index (Phi) is 6.61. The van der Waals surface area contributed by atoms with Gasteiger partial charge in [-0.25, -0.2) is 8.42 Å². The predicted molar refractivity (Wildman–Crippen MR) is 108 cm³/mol. The van der Waals surface area contributed by atoms with Gasteiger partial charge in [0.25, 0.3) is 0 Å². The Bertz CT molecular complexity index is 899. The van der Waals surface area contributed by atoms with Gasteiger partial charge in [-0.15, -0.1) is 10.2 Å². The van der Waals surface area contributed by atoms with Gasteiger partial charge in [0.15, 0.2) is 0 Å². The fraction of sp³-hybridized carbons (Fsp3) is 0.471. The van der Waals surface area contributed by atoms with Crippen LogP contribution in [0.15, 0.2) is 33.6 Å². The Labute approximate surface area is 171 Å². The van der Waals surface area contributed by atoms with Gasteiger partial charge < -0.3 is 5.32 Å². The number of hydrogen-bond donors (Lipinski definition) is 1. The number of nitrogens with zero attached hydrogens (tertiary/aromatic N) is 3. The van der Waals surface area contributed by atoms with Crippen molar-refractivity contribution in [3.8, 4) is 0 Å². The van der Waals surface area contributed by atoms with Crippen LogP contribution < -0.4 is 5.32 Å². The third-order valence-corrected chi connectivity index (χ3v) is 7.67. The number of anilines is 1. The maximum atomic E-state index is 12.9. The van der Waals surface area contributed by atoms with Crippen LogP contribution in [0.3, 0.4) is 0 Å². The second-order valence-electron chi connectivity index (χ2n) is 6.40. The van der Waals surface area contributed by atoms with E-state index in [0.717, 1.165) is 22.3 Å². The number of carbonyl (C=O) groups excluding carboxylic acids is 1. The Morgan fingerprint density at radius 1 is 1.33 bits per heavy atom. The molecular weight excluding hydrogens is 452 g/mol. The molecule has 2 heterocycles. The van der Waals surface area contributed by atoms with E-state index < -0.39 is 15.9 Å². The van der Waals surface area contributed by atoms with Gasteiger partial charge in [-0.3, -0.25) is 4.79 Å². The molecule has 1 atom stereocenters. The van der Waals surface area contributed by atoms with E-state index >= 15 is 0 Å². The molecule has 27 heavy (non-hydrogen) atoms. The predicted octanol–water partition coefficient (Wildman–Crippen LogP) is 3.29. The molecule has 1 aliphatic heterocycles. The Morgan fingerprint density at radius 3 is 2.78 bits per heavy atom. The minimum Gasteiger partial charge on any atom is -0.300 e. The molecule has 1 fully saturated rings. The number of sulfonamides is 1. The van der Waals surface area contributed by atoms with Crippen LogP contribution in [0.1, 0.15) is 31.2 Å². The smallest absolute Gasteiger partial charge is 0.243 e. The van der Waals surface area contributed by atoms with Crippen LogP contribution in [0.4, 0.5) is 5.13 Å². The molecule has 0 spiro atoms. The summed E-state index contributed by atoms with van der Waals surface area (Å²) >= 11 is 4.67. The molecule has 1 aliphatic rings. The summed E-state index contributed by atoms with van der Waals surface area (Å²) in [7, 11) is -3.61. The van der Waals surface area contributed by atoms with E-state index in [1.165, 1.54) is 15.6 Å². The number of benzene rings is 1. The molecule has 0 bridgehead atoms. The summed E-state index contributed by atoms with van der Waals surface area (Å²) < 4.78 is 27.9. The van der Waals surface area contributed by atoms with Gasteiger partial charge in [0, 0.05) is 24.0 Å². The molecule has 1 aromatic heterocycles. The summed E-state index contributed by atoms with van der Waals surface area (Å²) in [6, 6.07) is 6.54. The van der Waals surface area contributed by atoms with Crippen molar-refractivity contribution in [3.63, 3.8) is 0 Å². The fourth-order valence-corrected chi connectivity index (χ4v) is 5.59. The van der Waals surface area contributed by atoms with Crippen LogP contribution in [-0.2, 0) is 21.2 Å². The monoisotopic (exact) mass is 472 g/mol. The van der Waals surface area contributed by atoms with Crippen LogP contribution in [0.25, 0.3) is 0 Å². The molecule has 0 radical (unpaired) electrons. The van der Waals surface area contributed by atoms with Crippen LogP contribution in [0.2, 0.25) is 0 Å². The Balaban J connectivity index is 1.67. The molecule has 1 saturated heterocycles. The molecule has 0 saturated carbocycles. The molecule has 2 aromatic rings. The Morgan fingerprint density at radius 2 is 2.07 bits per heavy atom. The number of amides is 1. The topological polar surface area (TPSA) is 92.3 Å². The summed E-state index contributed by atoms with van der Waals surface area (Å²) in [5, 5.41) is 12.2. The van der Waals surface area contributed by atoms with E-state index in [-0.39, 0.29) is 17.3 Å². The molecule has 7 nitrogen and oxygen atoms in total. The number of rotatable bonds is 6. The first kappa shape index (κ1) is 20.4. The number of nitrogens with one attached hydrogen (secondary N) is 1. The Hall–Kier alpha value is -1.36. The molecule has 1 amide bonds. The SMILES string of the molecule is CCCc1nnc(NC(=O)C2CCCN(S(=O)(=O)c3ccc(Br)cc3)C2)s1. The average molecular weight is 473 g/mol. The average Bonchev–Trinajstić information content (AvgIpc) is 3.09. The van der Waals surface area contributed by atoms with E-state index in [0.29, 0.717) is 24.5 Å². The minimum atomic E-state index is -3.61. The summed E-state index contributed by atoms with van der Waals surface area (Å²) in [4.78, 5) is 12.8. The third kappa shape index (κ3) is 4.92. The highest BCUT2D eigenvalue weighted by Crippen LogP contribution is 2.26. The first-order valence-electron chi connectivity index (χ1n) is 8.79. The van der Waals surface area contributed by atoms with Crippen molar-refractivity contribution in [2.75, 3.05) is 18.4 Å². The maximum Gasteiger partial charge on any atom is 0.243 e. The molecule has 0 aliphatic carbocycles. The van der Waals surface area contributed by atoms with Crippen LogP contribution in [-0.4, -0.2) is 41.9 Å². The minimum absolute atomic E-state index is 0.171. The number of hydrogen-bond acceptors (Lipinski definition) is 6. The lowest BCUT2D eigenvalue weighted by Gasteiger charge is -2.31. The van der Waals surface area contributed by atoms with Crippen LogP contribution in [0, 0.1) is 5.92 Å². The van der Waals surface area contributed by atoms with Crippen LogP contribution >= 0.6 is 27.3 Å². The van der Waals surface area contributed by atoms with Gasteiger partial charge in [0.1, 0.15) is 5.01 Å². The highest BCUT2D eigenvalue weighted by atomic mass is 79.9. The van der Waals surface area contributed by atoms with Gasteiger partial charge in [0.2, 0.25) is 21.1 Å². The number of piperidine rings is 1. The summed E-state index contributed by atoms with van der Waals surface area (Å²) in [6.45, 7) is 2.65. The van der Waals surface area contributed by atoms with E-state index in [1.54, 1.807) is 24.3 Å². The standard InChI is InChI=1S/C17H21BrN4O3S2/c1-2-4-15-20-21-17(26-15)19-16(23)12-5-3-10-22(11-12)27(24,25)14-8-6-13(18)7-9-14/h6-9,12H,2-5,10-11H2,1H3,(H,19,21,23). The zero-order valence-corrected chi connectivity index (χ0v) is 18.1. The van der Waals surface area contributed by atoms with E-state index in [1.807, 2.05) is 0 Å². The largest absolute Gasteiger partial charge is 0.300 e. The first-order chi connectivity index (χ1) is 12.9. The molecule has 1 unspecified atom stereocenters. The summed E-state index contributed by atoms with van der Waals surface area (Å²) in [5.41, 5.74) is 0. The van der Waals surface area contributed by atoms with Gasteiger partial charge in [-0.2, -0.15) is 4.31 Å². The van der Waals surface area contributed by atoms with Gasteiger partial charge in [-0.05, 0) is 43.5 Å². The summed E-state index contributed by atoms with van der Waals surface area (Å²) in [5.74, 6) is -0.604. The molecule has 146 valence electrons. The molecule has 1 aromatic carbocycles. The van der Waals surface area contributed by atoms with E-state index in [2.05, 4.69) is 38.4 Å². The fourth-order valence-electron chi connectivity index (χ4n) is 2.96. The van der Waals surface area contributed by atoms with Crippen molar-refractivity contribution in [1.29, 1.82) is 0 Å². The van der Waals surface area contributed by atoms with E-state index in [9.17, 15) is 13.2 Å². The molecular formula is C17H21BrN4O3S2. The zero-order valence-electron chi connectivity index (χ0n) is 14.9. The van der Waals surface area contributed by atoms with Crippen molar-refractivity contribution in [3.05, 3.63) is 33.7 Å². The second kappa shape index (κ2) is 8.76. The van der Waals surface area contributed by atoms with Crippen molar-refractivity contribution >= 4 is 48.3 Å². The zero-order chi connectivity index (χ0) is 19.4. The lowest BCUT2D eigenvalue weighted by Crippen LogP contribution is -2.43. The third-order valence-electron chi connectivity index (χ3n) is 4.37.